The second kappa shape index (κ2) is 10.6. The Morgan fingerprint density at radius 2 is 1.32 bits per heavy atom. The van der Waals surface area contributed by atoms with E-state index < -0.39 is 0 Å². The zero-order chi connectivity index (χ0) is 27.8. The third kappa shape index (κ3) is 4.88. The van der Waals surface area contributed by atoms with Gasteiger partial charge < -0.3 is 10.6 Å². The number of benzene rings is 4. The molecule has 1 heterocycles. The maximum atomic E-state index is 12.9. The zero-order valence-electron chi connectivity index (χ0n) is 21.5. The van der Waals surface area contributed by atoms with Crippen LogP contribution in [0.5, 0.6) is 0 Å². The summed E-state index contributed by atoms with van der Waals surface area (Å²) in [4.78, 5) is 25.6. The maximum Gasteiger partial charge on any atom is 0.257 e. The molecular formula is C32H24Cl2N4O2. The maximum absolute atomic E-state index is 12.9. The second-order valence-electron chi connectivity index (χ2n) is 9.61. The van der Waals surface area contributed by atoms with Gasteiger partial charge in [-0.05, 0) is 86.0 Å². The van der Waals surface area contributed by atoms with Gasteiger partial charge >= 0.3 is 0 Å². The van der Waals surface area contributed by atoms with Crippen molar-refractivity contribution in [3.05, 3.63) is 129 Å². The zero-order valence-corrected chi connectivity index (χ0v) is 23.1. The predicted octanol–water partition coefficient (Wildman–Crippen LogP) is 7.76. The van der Waals surface area contributed by atoms with Crippen molar-refractivity contribution in [3.63, 3.8) is 0 Å². The number of halogens is 2. The van der Waals surface area contributed by atoms with Crippen LogP contribution in [0.15, 0.2) is 91.0 Å². The molecule has 0 unspecified atom stereocenters. The summed E-state index contributed by atoms with van der Waals surface area (Å²) < 4.78 is 1.93. The lowest BCUT2D eigenvalue weighted by atomic mass is 9.88. The summed E-state index contributed by atoms with van der Waals surface area (Å²) in [5, 5.41) is 11.6. The van der Waals surface area contributed by atoms with E-state index in [0.29, 0.717) is 32.5 Å². The minimum atomic E-state index is -0.272. The third-order valence-corrected chi connectivity index (χ3v) is 7.72. The number of hydrogen-bond donors (Lipinski definition) is 2. The van der Waals surface area contributed by atoms with Gasteiger partial charge in [-0.25, -0.2) is 4.68 Å². The molecule has 4 aromatic carbocycles. The van der Waals surface area contributed by atoms with Gasteiger partial charge in [0, 0.05) is 22.5 Å². The number of aromatic nitrogens is 2. The molecular weight excluding hydrogens is 543 g/mol. The number of aryl methyl sites for hydroxylation is 2. The van der Waals surface area contributed by atoms with Crippen LogP contribution in [0.1, 0.15) is 37.5 Å². The Hall–Kier alpha value is -4.39. The summed E-state index contributed by atoms with van der Waals surface area (Å²) in [6, 6.07) is 27.4. The monoisotopic (exact) mass is 566 g/mol. The highest BCUT2D eigenvalue weighted by atomic mass is 35.5. The first kappa shape index (κ1) is 25.9. The van der Waals surface area contributed by atoms with Gasteiger partial charge in [-0.3, -0.25) is 9.59 Å². The van der Waals surface area contributed by atoms with Crippen LogP contribution < -0.4 is 10.6 Å². The number of amides is 2. The molecule has 2 N–H and O–H groups in total. The van der Waals surface area contributed by atoms with Crippen LogP contribution in [0.4, 0.5) is 11.4 Å². The number of carbonyl (C=O) groups is 2. The average molecular weight is 567 g/mol. The van der Waals surface area contributed by atoms with Crippen molar-refractivity contribution in [2.45, 2.75) is 19.8 Å². The normalized spacial score (nSPS) is 11.9. The second-order valence-corrected chi connectivity index (χ2v) is 10.4. The Morgan fingerprint density at radius 1 is 0.750 bits per heavy atom. The average Bonchev–Trinajstić information content (AvgIpc) is 3.30. The molecule has 1 aliphatic rings. The highest BCUT2D eigenvalue weighted by Crippen LogP contribution is 2.38. The number of rotatable bonds is 5. The first-order valence-electron chi connectivity index (χ1n) is 12.8. The van der Waals surface area contributed by atoms with E-state index in [1.807, 2.05) is 48.0 Å². The molecule has 0 aliphatic heterocycles. The molecule has 0 atom stereocenters. The van der Waals surface area contributed by atoms with Gasteiger partial charge in [-0.2, -0.15) is 5.10 Å². The van der Waals surface area contributed by atoms with Crippen LogP contribution in [0.2, 0.25) is 10.0 Å². The van der Waals surface area contributed by atoms with Crippen LogP contribution in [0, 0.1) is 6.92 Å². The number of nitrogens with one attached hydrogen (secondary N) is 2. The molecule has 1 aromatic heterocycles. The van der Waals surface area contributed by atoms with Gasteiger partial charge in [0.15, 0.2) is 0 Å². The minimum absolute atomic E-state index is 0.263. The van der Waals surface area contributed by atoms with Crippen molar-refractivity contribution < 1.29 is 9.59 Å². The van der Waals surface area contributed by atoms with Crippen molar-refractivity contribution in [3.8, 4) is 16.9 Å². The molecule has 198 valence electrons. The van der Waals surface area contributed by atoms with E-state index in [0.717, 1.165) is 35.5 Å². The topological polar surface area (TPSA) is 76.0 Å². The molecule has 40 heavy (non-hydrogen) atoms. The van der Waals surface area contributed by atoms with E-state index in [1.54, 1.807) is 48.5 Å². The van der Waals surface area contributed by atoms with Crippen LogP contribution in [0.3, 0.4) is 0 Å². The molecule has 5 aromatic rings. The van der Waals surface area contributed by atoms with Crippen molar-refractivity contribution in [1.29, 1.82) is 0 Å². The van der Waals surface area contributed by atoms with E-state index in [-0.39, 0.29) is 11.8 Å². The van der Waals surface area contributed by atoms with E-state index in [2.05, 4.69) is 16.7 Å². The first-order chi connectivity index (χ1) is 19.4. The fourth-order valence-electron chi connectivity index (χ4n) is 5.05. The molecule has 0 saturated heterocycles. The minimum Gasteiger partial charge on any atom is -0.322 e. The Labute approximate surface area is 241 Å². The standard InChI is InChI=1S/C32H24Cl2N4O2/c1-19-24-17-11-20-10-12-22(36-32(40)26-7-3-5-9-29(26)34)18-27(20)30(24)38(37-19)23-15-13-21(14-16-23)35-31(39)25-6-2-4-8-28(25)33/h2-10,12-16,18H,11,17H2,1H3,(H,35,39)(H,36,40). The van der Waals surface area contributed by atoms with Crippen molar-refractivity contribution in [2.75, 3.05) is 10.6 Å². The molecule has 0 saturated carbocycles. The smallest absolute Gasteiger partial charge is 0.257 e. The lowest BCUT2D eigenvalue weighted by molar-refractivity contribution is 0.101. The molecule has 6 rings (SSSR count). The molecule has 0 spiro atoms. The number of carbonyl (C=O) groups excluding carboxylic acids is 2. The highest BCUT2D eigenvalue weighted by Gasteiger charge is 2.25. The summed E-state index contributed by atoms with van der Waals surface area (Å²) in [6.45, 7) is 2.02. The van der Waals surface area contributed by atoms with Gasteiger partial charge in [0.25, 0.3) is 11.8 Å². The molecule has 2 amide bonds. The van der Waals surface area contributed by atoms with E-state index in [9.17, 15) is 9.59 Å². The SMILES string of the molecule is Cc1nn(-c2ccc(NC(=O)c3ccccc3Cl)cc2)c2c1CCc1ccc(NC(=O)c3ccccc3Cl)cc1-2. The summed E-state index contributed by atoms with van der Waals surface area (Å²) in [6.07, 6.45) is 1.77. The molecule has 0 radical (unpaired) electrons. The first-order valence-corrected chi connectivity index (χ1v) is 13.6. The summed E-state index contributed by atoms with van der Waals surface area (Å²) >= 11 is 12.4. The van der Waals surface area contributed by atoms with Crippen molar-refractivity contribution in [1.82, 2.24) is 9.78 Å². The van der Waals surface area contributed by atoms with Gasteiger partial charge in [0.2, 0.25) is 0 Å². The molecule has 1 aliphatic carbocycles. The Bertz CT molecular complexity index is 1780. The molecule has 0 fully saturated rings. The Morgan fingerprint density at radius 3 is 1.95 bits per heavy atom. The van der Waals surface area contributed by atoms with Crippen LogP contribution >= 0.6 is 23.2 Å². The highest BCUT2D eigenvalue weighted by molar-refractivity contribution is 6.34. The third-order valence-electron chi connectivity index (χ3n) is 7.06. The van der Waals surface area contributed by atoms with E-state index >= 15 is 0 Å². The molecule has 6 nitrogen and oxygen atoms in total. The van der Waals surface area contributed by atoms with Gasteiger partial charge in [0.05, 0.1) is 38.2 Å². The van der Waals surface area contributed by atoms with Gasteiger partial charge in [0.1, 0.15) is 0 Å². The van der Waals surface area contributed by atoms with Gasteiger partial charge in [-0.15, -0.1) is 0 Å². The van der Waals surface area contributed by atoms with E-state index in [4.69, 9.17) is 28.3 Å². The largest absolute Gasteiger partial charge is 0.322 e. The summed E-state index contributed by atoms with van der Waals surface area (Å²) in [5.74, 6) is -0.536. The lowest BCUT2D eigenvalue weighted by Gasteiger charge is -2.20. The number of nitrogens with zero attached hydrogens (tertiary/aromatic N) is 2. The van der Waals surface area contributed by atoms with Crippen molar-refractivity contribution in [2.24, 2.45) is 0 Å². The van der Waals surface area contributed by atoms with E-state index in [1.165, 1.54) is 11.1 Å². The fraction of sp³-hybridized carbons (Fsp3) is 0.0938. The number of fused-ring (bicyclic) bond motifs is 3. The number of anilines is 2. The molecule has 0 bridgehead atoms. The van der Waals surface area contributed by atoms with Crippen LogP contribution in [-0.2, 0) is 12.8 Å². The Kier molecular flexibility index (Phi) is 6.88. The van der Waals surface area contributed by atoms with Crippen LogP contribution in [-0.4, -0.2) is 21.6 Å². The number of hydrogen-bond acceptors (Lipinski definition) is 3. The summed E-state index contributed by atoms with van der Waals surface area (Å²) in [7, 11) is 0. The van der Waals surface area contributed by atoms with Crippen LogP contribution in [0.25, 0.3) is 16.9 Å². The summed E-state index contributed by atoms with van der Waals surface area (Å²) in [5.41, 5.74) is 8.38. The lowest BCUT2D eigenvalue weighted by Crippen LogP contribution is -2.14. The fourth-order valence-corrected chi connectivity index (χ4v) is 5.49. The quantitative estimate of drug-likeness (QED) is 0.228. The van der Waals surface area contributed by atoms with Gasteiger partial charge in [-0.1, -0.05) is 53.5 Å². The Balaban J connectivity index is 1.30. The molecule has 8 heteroatoms. The predicted molar refractivity (Wildman–Crippen MR) is 160 cm³/mol. The van der Waals surface area contributed by atoms with Crippen molar-refractivity contribution >= 4 is 46.4 Å².